The zero-order valence-electron chi connectivity index (χ0n) is 21.3. The maximum atomic E-state index is 11.5. The van der Waals surface area contributed by atoms with Crippen LogP contribution in [0.1, 0.15) is 64.3 Å². The number of hydrogen-bond acceptors (Lipinski definition) is 5. The first-order chi connectivity index (χ1) is 17.4. The summed E-state index contributed by atoms with van der Waals surface area (Å²) in [7, 11) is 1.40. The molecule has 0 spiro atoms. The number of methoxy groups -OCH3 is 1. The number of esters is 1. The van der Waals surface area contributed by atoms with Crippen LogP contribution < -0.4 is 0 Å². The number of aryl methyl sites for hydroxylation is 2. The number of aliphatic hydroxyl groups is 3. The van der Waals surface area contributed by atoms with Gasteiger partial charge in [-0.1, -0.05) is 66.7 Å². The molecule has 3 aromatic carbocycles. The fraction of sp³-hybridized carbons (Fsp3) is 0.387. The summed E-state index contributed by atoms with van der Waals surface area (Å²) in [5.74, 6) is -0.251. The largest absolute Gasteiger partial charge is 0.469 e. The average molecular weight is 491 g/mol. The number of carbonyl (C=O) groups is 1. The number of ether oxygens (including phenoxy) is 1. The molecule has 0 heterocycles. The van der Waals surface area contributed by atoms with Crippen molar-refractivity contribution >= 4 is 5.97 Å². The van der Waals surface area contributed by atoms with Gasteiger partial charge >= 0.3 is 5.97 Å². The Morgan fingerprint density at radius 3 is 2.03 bits per heavy atom. The molecule has 0 aliphatic carbocycles. The van der Waals surface area contributed by atoms with E-state index in [1.807, 2.05) is 49.4 Å². The molecule has 2 atom stereocenters. The lowest BCUT2D eigenvalue weighted by molar-refractivity contribution is -0.140. The van der Waals surface area contributed by atoms with Crippen LogP contribution in [0.5, 0.6) is 0 Å². The smallest absolute Gasteiger partial charge is 0.305 e. The molecule has 0 unspecified atom stereocenters. The van der Waals surface area contributed by atoms with Crippen LogP contribution in [-0.2, 0) is 42.0 Å². The molecule has 0 fully saturated rings. The summed E-state index contributed by atoms with van der Waals surface area (Å²) >= 11 is 0. The molecule has 0 bridgehead atoms. The van der Waals surface area contributed by atoms with Gasteiger partial charge in [0.25, 0.3) is 0 Å². The minimum absolute atomic E-state index is 0.0320. The third-order valence-electron chi connectivity index (χ3n) is 7.02. The molecular weight excluding hydrogens is 452 g/mol. The summed E-state index contributed by atoms with van der Waals surface area (Å²) < 4.78 is 4.73. The summed E-state index contributed by atoms with van der Waals surface area (Å²) in [6.07, 6.45) is 3.66. The first-order valence-corrected chi connectivity index (χ1v) is 12.7. The Bertz CT molecular complexity index is 1070. The Balaban J connectivity index is 1.78. The fourth-order valence-corrected chi connectivity index (χ4v) is 4.72. The van der Waals surface area contributed by atoms with Gasteiger partial charge in [-0.25, -0.2) is 0 Å². The Morgan fingerprint density at radius 1 is 0.861 bits per heavy atom. The van der Waals surface area contributed by atoms with E-state index in [0.717, 1.165) is 52.6 Å². The van der Waals surface area contributed by atoms with Crippen LogP contribution in [-0.4, -0.2) is 28.4 Å². The Labute approximate surface area is 214 Å². The van der Waals surface area contributed by atoms with Gasteiger partial charge in [-0.15, -0.1) is 0 Å². The minimum atomic E-state index is -0.726. The van der Waals surface area contributed by atoms with Gasteiger partial charge < -0.3 is 20.1 Å². The number of rotatable bonds is 13. The summed E-state index contributed by atoms with van der Waals surface area (Å²) in [6, 6.07) is 22.3. The highest BCUT2D eigenvalue weighted by molar-refractivity contribution is 5.69. The van der Waals surface area contributed by atoms with Gasteiger partial charge in [0.1, 0.15) is 0 Å². The molecule has 5 heteroatoms. The summed E-state index contributed by atoms with van der Waals surface area (Å²) in [5.41, 5.74) is 6.53. The van der Waals surface area contributed by atoms with E-state index in [2.05, 4.69) is 24.3 Å². The molecule has 3 N–H and O–H groups in total. The topological polar surface area (TPSA) is 87.0 Å². The zero-order chi connectivity index (χ0) is 25.9. The third-order valence-corrected chi connectivity index (χ3v) is 7.02. The second kappa shape index (κ2) is 13.9. The van der Waals surface area contributed by atoms with Gasteiger partial charge in [-0.05, 0) is 83.9 Å². The lowest BCUT2D eigenvalue weighted by Gasteiger charge is -2.25. The van der Waals surface area contributed by atoms with E-state index >= 15 is 0 Å². The van der Waals surface area contributed by atoms with E-state index in [-0.39, 0.29) is 25.1 Å². The Kier molecular flexibility index (Phi) is 10.7. The molecule has 0 aromatic heterocycles. The van der Waals surface area contributed by atoms with Crippen molar-refractivity contribution in [3.63, 3.8) is 0 Å². The summed E-state index contributed by atoms with van der Waals surface area (Å²) in [5, 5.41) is 31.1. The maximum Gasteiger partial charge on any atom is 0.305 e. The summed E-state index contributed by atoms with van der Waals surface area (Å²) in [6.45, 7) is 1.61. The highest BCUT2D eigenvalue weighted by Gasteiger charge is 2.23. The molecule has 0 amide bonds. The molecule has 0 radical (unpaired) electrons. The quantitative estimate of drug-likeness (QED) is 0.294. The molecule has 192 valence electrons. The Hall–Kier alpha value is -2.99. The van der Waals surface area contributed by atoms with Crippen LogP contribution >= 0.6 is 0 Å². The molecule has 0 aliphatic heterocycles. The van der Waals surface area contributed by atoms with E-state index < -0.39 is 6.10 Å². The molecule has 0 saturated heterocycles. The van der Waals surface area contributed by atoms with Gasteiger partial charge in [0, 0.05) is 6.42 Å². The minimum Gasteiger partial charge on any atom is -0.469 e. The monoisotopic (exact) mass is 490 g/mol. The molecular formula is C31H38O5. The maximum absolute atomic E-state index is 11.5. The molecule has 5 nitrogen and oxygen atoms in total. The zero-order valence-corrected chi connectivity index (χ0v) is 21.3. The van der Waals surface area contributed by atoms with Crippen LogP contribution in [0.2, 0.25) is 0 Å². The van der Waals surface area contributed by atoms with Gasteiger partial charge in [-0.3, -0.25) is 4.79 Å². The van der Waals surface area contributed by atoms with Gasteiger partial charge in [0.15, 0.2) is 0 Å². The van der Waals surface area contributed by atoms with Crippen LogP contribution in [0.3, 0.4) is 0 Å². The standard InChI is InChI=1S/C31H38O5/c1-22-28(20-32)18-27(19-29(22)21-33)31(35)26(10-6-9-23-7-4-3-5-8-23)17-25-13-11-24(12-14-25)15-16-30(34)36-2/h3-5,7-8,11-14,18-19,26,31-33,35H,6,9-10,15-17,20-21H2,1-2H3/t26-,31-/m1/s1. The second-order valence-corrected chi connectivity index (χ2v) is 9.46. The van der Waals surface area contributed by atoms with Crippen LogP contribution in [0.15, 0.2) is 66.7 Å². The van der Waals surface area contributed by atoms with Crippen molar-refractivity contribution in [2.24, 2.45) is 5.92 Å². The molecule has 3 rings (SSSR count). The first kappa shape index (κ1) is 27.6. The van der Waals surface area contributed by atoms with Crippen LogP contribution in [0.4, 0.5) is 0 Å². The van der Waals surface area contributed by atoms with Crippen LogP contribution in [0.25, 0.3) is 0 Å². The number of hydrogen-bond donors (Lipinski definition) is 3. The van der Waals surface area contributed by atoms with Gasteiger partial charge in [0.05, 0.1) is 26.4 Å². The van der Waals surface area contributed by atoms with Gasteiger partial charge in [0.2, 0.25) is 0 Å². The normalized spacial score (nSPS) is 12.8. The first-order valence-electron chi connectivity index (χ1n) is 12.7. The predicted octanol–water partition coefficient (Wildman–Crippen LogP) is 5.00. The fourth-order valence-electron chi connectivity index (χ4n) is 4.72. The van der Waals surface area contributed by atoms with Crippen molar-refractivity contribution in [1.82, 2.24) is 0 Å². The number of aliphatic hydroxyl groups excluding tert-OH is 3. The van der Waals surface area contributed by atoms with E-state index in [0.29, 0.717) is 19.3 Å². The molecule has 3 aromatic rings. The Morgan fingerprint density at radius 2 is 1.44 bits per heavy atom. The van der Waals surface area contributed by atoms with Crippen molar-refractivity contribution in [3.8, 4) is 0 Å². The van der Waals surface area contributed by atoms with Crippen molar-refractivity contribution in [2.45, 2.75) is 64.8 Å². The van der Waals surface area contributed by atoms with E-state index in [1.54, 1.807) is 0 Å². The highest BCUT2D eigenvalue weighted by Crippen LogP contribution is 2.32. The number of benzene rings is 3. The highest BCUT2D eigenvalue weighted by atomic mass is 16.5. The van der Waals surface area contributed by atoms with E-state index in [1.165, 1.54) is 12.7 Å². The predicted molar refractivity (Wildman–Crippen MR) is 141 cm³/mol. The molecule has 0 saturated carbocycles. The molecule has 0 aliphatic rings. The van der Waals surface area contributed by atoms with Crippen molar-refractivity contribution in [3.05, 3.63) is 106 Å². The molecule has 36 heavy (non-hydrogen) atoms. The summed E-state index contributed by atoms with van der Waals surface area (Å²) in [4.78, 5) is 11.4. The SMILES string of the molecule is COC(=O)CCc1ccc(C[C@@H](CCCc2ccccc2)[C@@H](O)c2cc(CO)c(C)c(CO)c2)cc1. The lowest BCUT2D eigenvalue weighted by Crippen LogP contribution is -2.17. The average Bonchev–Trinajstić information content (AvgIpc) is 2.92. The third kappa shape index (κ3) is 7.76. The van der Waals surface area contributed by atoms with Crippen molar-refractivity contribution in [1.29, 1.82) is 0 Å². The second-order valence-electron chi connectivity index (χ2n) is 9.46. The van der Waals surface area contributed by atoms with Crippen molar-refractivity contribution in [2.75, 3.05) is 7.11 Å². The van der Waals surface area contributed by atoms with Gasteiger partial charge in [-0.2, -0.15) is 0 Å². The van der Waals surface area contributed by atoms with E-state index in [4.69, 9.17) is 4.74 Å². The van der Waals surface area contributed by atoms with Crippen LogP contribution in [0, 0.1) is 12.8 Å². The van der Waals surface area contributed by atoms with Crippen molar-refractivity contribution < 1.29 is 24.9 Å². The number of carbonyl (C=O) groups excluding carboxylic acids is 1. The van der Waals surface area contributed by atoms with E-state index in [9.17, 15) is 20.1 Å². The lowest BCUT2D eigenvalue weighted by atomic mass is 9.84.